The minimum Gasteiger partial charge on any atom is -0.508 e. The van der Waals surface area contributed by atoms with Gasteiger partial charge in [-0.1, -0.05) is 73.7 Å². The third-order valence-corrected chi connectivity index (χ3v) is 7.64. The first kappa shape index (κ1) is 31.8. The van der Waals surface area contributed by atoms with Gasteiger partial charge < -0.3 is 25.8 Å². The van der Waals surface area contributed by atoms with Crippen LogP contribution in [-0.2, 0) is 16.0 Å². The lowest BCUT2D eigenvalue weighted by Crippen LogP contribution is -2.29. The molecule has 0 aliphatic rings. The molecule has 0 aliphatic heterocycles. The van der Waals surface area contributed by atoms with Crippen LogP contribution in [0.4, 0.5) is 0 Å². The van der Waals surface area contributed by atoms with Gasteiger partial charge in [0.05, 0.1) is 11.0 Å². The van der Waals surface area contributed by atoms with E-state index in [1.165, 1.54) is 11.6 Å². The Kier molecular flexibility index (Phi) is 10.6. The molecule has 2 amide bonds. The van der Waals surface area contributed by atoms with Crippen molar-refractivity contribution in [1.82, 2.24) is 20.6 Å². The average molecular weight is 615 g/mol. The number of rotatable bonds is 13. The number of nitrogens with one attached hydrogen (secondary N) is 3. The van der Waals surface area contributed by atoms with Gasteiger partial charge in [-0.25, -0.2) is 4.98 Å². The van der Waals surface area contributed by atoms with E-state index >= 15 is 0 Å². The number of hydrogen-bond acceptors (Lipinski definition) is 5. The summed E-state index contributed by atoms with van der Waals surface area (Å²) in [5, 5.41) is 25.2. The number of benzene rings is 4. The zero-order valence-electron chi connectivity index (χ0n) is 25.8. The van der Waals surface area contributed by atoms with Gasteiger partial charge in [-0.05, 0) is 76.6 Å². The summed E-state index contributed by atoms with van der Waals surface area (Å²) < 4.78 is 0. The maximum atomic E-state index is 12.4. The molecule has 5 rings (SSSR count). The van der Waals surface area contributed by atoms with Gasteiger partial charge in [0.2, 0.25) is 11.8 Å². The van der Waals surface area contributed by atoms with Crippen LogP contribution in [0, 0.1) is 0 Å². The normalized spacial score (nSPS) is 11.8. The molecule has 1 heterocycles. The van der Waals surface area contributed by atoms with Gasteiger partial charge in [0.25, 0.3) is 0 Å². The number of aromatic hydroxyl groups is 2. The molecule has 0 fully saturated rings. The first-order valence-corrected chi connectivity index (χ1v) is 15.5. The molecule has 5 aromatic rings. The first-order valence-electron chi connectivity index (χ1n) is 15.5. The lowest BCUT2D eigenvalue weighted by atomic mass is 9.88. The molecule has 0 bridgehead atoms. The molecule has 46 heavy (non-hydrogen) atoms. The molecular formula is C38H38N4O4. The lowest BCUT2D eigenvalue weighted by Gasteiger charge is -2.16. The van der Waals surface area contributed by atoms with Crippen molar-refractivity contribution in [1.29, 1.82) is 0 Å². The molecule has 0 radical (unpaired) electrons. The molecule has 234 valence electrons. The van der Waals surface area contributed by atoms with E-state index < -0.39 is 0 Å². The van der Waals surface area contributed by atoms with Gasteiger partial charge in [-0.3, -0.25) is 9.59 Å². The van der Waals surface area contributed by atoms with E-state index in [2.05, 4.69) is 51.8 Å². The number of aromatic nitrogens is 2. The topological polar surface area (TPSA) is 127 Å². The number of phenolic OH excluding ortho intramolecular Hbond substituents is 2. The van der Waals surface area contributed by atoms with Crippen LogP contribution >= 0.6 is 0 Å². The molecule has 0 aliphatic carbocycles. The molecule has 5 N–H and O–H groups in total. The fraction of sp³-hybridized carbons (Fsp3) is 0.184. The largest absolute Gasteiger partial charge is 0.508 e. The highest BCUT2D eigenvalue weighted by atomic mass is 16.3. The number of hydrogen-bond donors (Lipinski definition) is 5. The Morgan fingerprint density at radius 2 is 1.48 bits per heavy atom. The van der Waals surface area contributed by atoms with Crippen LogP contribution in [0.5, 0.6) is 11.5 Å². The fourth-order valence-electron chi connectivity index (χ4n) is 5.32. The van der Waals surface area contributed by atoms with Crippen molar-refractivity contribution in [3.63, 3.8) is 0 Å². The average Bonchev–Trinajstić information content (AvgIpc) is 3.48. The molecule has 8 heteroatoms. The third-order valence-electron chi connectivity index (χ3n) is 7.64. The maximum absolute atomic E-state index is 12.4. The lowest BCUT2D eigenvalue weighted by molar-refractivity contribution is -0.121. The summed E-state index contributed by atoms with van der Waals surface area (Å²) in [6.07, 6.45) is 5.49. The second-order valence-electron chi connectivity index (χ2n) is 11.0. The quantitative estimate of drug-likeness (QED) is 0.0579. The van der Waals surface area contributed by atoms with Gasteiger partial charge in [0.1, 0.15) is 17.3 Å². The minimum absolute atomic E-state index is 0.0868. The van der Waals surface area contributed by atoms with E-state index in [1.54, 1.807) is 36.4 Å². The molecule has 0 saturated carbocycles. The summed E-state index contributed by atoms with van der Waals surface area (Å²) >= 11 is 0. The summed E-state index contributed by atoms with van der Waals surface area (Å²) in [5.74, 6) is 0.792. The number of nitrogens with zero attached hydrogens (tertiary/aromatic N) is 1. The van der Waals surface area contributed by atoms with Crippen molar-refractivity contribution in [3.8, 4) is 11.5 Å². The van der Waals surface area contributed by atoms with Crippen LogP contribution in [0.15, 0.2) is 103 Å². The van der Waals surface area contributed by atoms with Gasteiger partial charge in [-0.15, -0.1) is 0 Å². The molecule has 4 aromatic carbocycles. The molecule has 0 spiro atoms. The zero-order chi connectivity index (χ0) is 32.3. The van der Waals surface area contributed by atoms with Crippen molar-refractivity contribution in [3.05, 3.63) is 131 Å². The van der Waals surface area contributed by atoms with E-state index in [4.69, 9.17) is 0 Å². The molecule has 8 nitrogen and oxygen atoms in total. The smallest absolute Gasteiger partial charge is 0.244 e. The Morgan fingerprint density at radius 1 is 0.804 bits per heavy atom. The highest BCUT2D eigenvalue weighted by Crippen LogP contribution is 2.35. The number of H-pyrrole nitrogens is 1. The predicted octanol–water partition coefficient (Wildman–Crippen LogP) is 6.61. The highest BCUT2D eigenvalue weighted by Gasteiger charge is 2.13. The Hall–Kier alpha value is -5.63. The van der Waals surface area contributed by atoms with Gasteiger partial charge >= 0.3 is 0 Å². The SMILES string of the molecule is CCC(=C(c1ccc(O)cc1)c1ccc(/C=C/C(=O)NCCCNC(=O)CCc2nc3ccc(O)cc3[nH]2)cc1)c1ccccc1. The predicted molar refractivity (Wildman–Crippen MR) is 183 cm³/mol. The second kappa shape index (κ2) is 15.4. The number of aryl methyl sites for hydroxylation is 1. The van der Waals surface area contributed by atoms with Crippen LogP contribution in [0.3, 0.4) is 0 Å². The van der Waals surface area contributed by atoms with Crippen molar-refractivity contribution < 1.29 is 19.8 Å². The van der Waals surface area contributed by atoms with Crippen LogP contribution in [0.2, 0.25) is 0 Å². The van der Waals surface area contributed by atoms with Gasteiger partial charge in [0, 0.05) is 38.1 Å². The number of carbonyl (C=O) groups excluding carboxylic acids is 2. The van der Waals surface area contributed by atoms with E-state index in [1.807, 2.05) is 42.5 Å². The van der Waals surface area contributed by atoms with Crippen molar-refractivity contribution >= 4 is 40.1 Å². The number of allylic oxidation sites excluding steroid dienone is 1. The molecule has 1 aromatic heterocycles. The Balaban J connectivity index is 1.10. The number of carbonyl (C=O) groups is 2. The summed E-state index contributed by atoms with van der Waals surface area (Å²) in [6, 6.07) is 30.6. The minimum atomic E-state index is -0.201. The molecular weight excluding hydrogens is 576 g/mol. The van der Waals surface area contributed by atoms with Crippen LogP contribution in [0.25, 0.3) is 28.3 Å². The summed E-state index contributed by atoms with van der Waals surface area (Å²) in [7, 11) is 0. The number of amides is 2. The van der Waals surface area contributed by atoms with Gasteiger partial charge in [0.15, 0.2) is 0 Å². The van der Waals surface area contributed by atoms with E-state index in [-0.39, 0.29) is 29.7 Å². The Labute approximate surface area is 268 Å². The van der Waals surface area contributed by atoms with Crippen molar-refractivity contribution in [2.75, 3.05) is 13.1 Å². The molecule has 0 atom stereocenters. The summed E-state index contributed by atoms with van der Waals surface area (Å²) in [5.41, 5.74) is 7.91. The first-order chi connectivity index (χ1) is 22.4. The monoisotopic (exact) mass is 614 g/mol. The van der Waals surface area contributed by atoms with E-state index in [9.17, 15) is 19.8 Å². The van der Waals surface area contributed by atoms with Crippen molar-refractivity contribution in [2.24, 2.45) is 0 Å². The summed E-state index contributed by atoms with van der Waals surface area (Å²) in [6.45, 7) is 3.04. The van der Waals surface area contributed by atoms with E-state index in [0.29, 0.717) is 31.8 Å². The number of phenols is 2. The van der Waals surface area contributed by atoms with Crippen LogP contribution < -0.4 is 10.6 Å². The summed E-state index contributed by atoms with van der Waals surface area (Å²) in [4.78, 5) is 32.2. The van der Waals surface area contributed by atoms with Gasteiger partial charge in [-0.2, -0.15) is 0 Å². The van der Waals surface area contributed by atoms with Crippen LogP contribution in [-0.4, -0.2) is 45.1 Å². The third kappa shape index (κ3) is 8.51. The van der Waals surface area contributed by atoms with E-state index in [0.717, 1.165) is 45.3 Å². The fourth-order valence-corrected chi connectivity index (χ4v) is 5.32. The van der Waals surface area contributed by atoms with Crippen molar-refractivity contribution in [2.45, 2.75) is 32.6 Å². The molecule has 0 unspecified atom stereocenters. The maximum Gasteiger partial charge on any atom is 0.244 e. The molecule has 0 saturated heterocycles. The number of aromatic amines is 1. The Morgan fingerprint density at radius 3 is 2.20 bits per heavy atom. The number of imidazole rings is 1. The second-order valence-corrected chi connectivity index (χ2v) is 11.0. The Bertz CT molecular complexity index is 1840. The standard InChI is InChI=1S/C38H38N4O4/c1-2-32(27-7-4-3-5-8-27)38(29-14-16-30(43)17-15-29)28-12-9-26(10-13-28)11-21-36(45)39-23-6-24-40-37(46)22-20-35-41-33-19-18-31(44)25-34(33)42-35/h3-5,7-19,21,25,43-44H,2,6,20,22-24H2,1H3,(H,39,45)(H,40,46)(H,41,42)/b21-11+,38-32?. The van der Waals surface area contributed by atoms with Crippen LogP contribution in [0.1, 0.15) is 54.3 Å². The zero-order valence-corrected chi connectivity index (χ0v) is 25.8. The highest BCUT2D eigenvalue weighted by molar-refractivity contribution is 5.99. The number of fused-ring (bicyclic) bond motifs is 1.